The van der Waals surface area contributed by atoms with Crippen molar-refractivity contribution in [1.29, 1.82) is 0 Å². The molecule has 4 nitrogen and oxygen atoms in total. The maximum atomic E-state index is 11.6. The molecule has 0 aromatic carbocycles. The van der Waals surface area contributed by atoms with Gasteiger partial charge < -0.3 is 10.6 Å². The molecule has 2 rings (SSSR count). The molecule has 0 spiro atoms. The van der Waals surface area contributed by atoms with Gasteiger partial charge in [0.2, 0.25) is 11.8 Å². The van der Waals surface area contributed by atoms with Gasteiger partial charge in [-0.1, -0.05) is 0 Å². The van der Waals surface area contributed by atoms with Crippen molar-refractivity contribution in [3.8, 4) is 0 Å². The van der Waals surface area contributed by atoms with Crippen LogP contribution in [0, 0.1) is 0 Å². The highest BCUT2D eigenvalue weighted by atomic mass is 32.2. The predicted molar refractivity (Wildman–Crippen MR) is 55.0 cm³/mol. The Hall–Kier alpha value is -0.710. The molecule has 1 atom stereocenters. The van der Waals surface area contributed by atoms with Crippen molar-refractivity contribution in [1.82, 2.24) is 10.6 Å². The van der Waals surface area contributed by atoms with E-state index in [1.807, 2.05) is 0 Å². The summed E-state index contributed by atoms with van der Waals surface area (Å²) in [5.41, 5.74) is 0. The van der Waals surface area contributed by atoms with Crippen LogP contribution < -0.4 is 10.6 Å². The third-order valence-electron chi connectivity index (χ3n) is 2.33. The number of carbonyl (C=O) groups excluding carboxylic acids is 2. The van der Waals surface area contributed by atoms with Crippen LogP contribution in [-0.4, -0.2) is 35.4 Å². The molecule has 1 saturated heterocycles. The molecule has 78 valence electrons. The van der Waals surface area contributed by atoms with Gasteiger partial charge in [0, 0.05) is 24.0 Å². The van der Waals surface area contributed by atoms with Gasteiger partial charge in [-0.2, -0.15) is 11.8 Å². The van der Waals surface area contributed by atoms with E-state index in [4.69, 9.17) is 0 Å². The second-order valence-corrected chi connectivity index (χ2v) is 4.88. The summed E-state index contributed by atoms with van der Waals surface area (Å²) in [5.74, 6) is 1.49. The van der Waals surface area contributed by atoms with Crippen molar-refractivity contribution in [3.05, 3.63) is 0 Å². The van der Waals surface area contributed by atoms with Crippen LogP contribution in [0.25, 0.3) is 0 Å². The molecule has 0 aromatic heterocycles. The average Bonchev–Trinajstić information content (AvgIpc) is 2.93. The first-order chi connectivity index (χ1) is 6.75. The minimum absolute atomic E-state index is 0.00838. The van der Waals surface area contributed by atoms with Crippen molar-refractivity contribution in [3.63, 3.8) is 0 Å². The summed E-state index contributed by atoms with van der Waals surface area (Å²) < 4.78 is 0. The highest BCUT2D eigenvalue weighted by Gasteiger charge is 2.29. The van der Waals surface area contributed by atoms with Gasteiger partial charge in [0.15, 0.2) is 0 Å². The van der Waals surface area contributed by atoms with Crippen LogP contribution in [-0.2, 0) is 9.59 Å². The van der Waals surface area contributed by atoms with Crippen molar-refractivity contribution in [2.24, 2.45) is 0 Å². The Bertz CT molecular complexity index is 253. The second kappa shape index (κ2) is 4.21. The molecular formula is C9H14N2O2S. The maximum absolute atomic E-state index is 11.6. The van der Waals surface area contributed by atoms with Crippen molar-refractivity contribution in [2.45, 2.75) is 31.3 Å². The molecule has 1 aliphatic carbocycles. The zero-order valence-corrected chi connectivity index (χ0v) is 8.73. The molecule has 2 fully saturated rings. The van der Waals surface area contributed by atoms with E-state index < -0.39 is 0 Å². The number of hydrogen-bond acceptors (Lipinski definition) is 3. The van der Waals surface area contributed by atoms with Crippen LogP contribution in [0.15, 0.2) is 0 Å². The molecular weight excluding hydrogens is 200 g/mol. The summed E-state index contributed by atoms with van der Waals surface area (Å²) in [6.07, 6.45) is 2.69. The molecule has 1 saturated carbocycles. The fraction of sp³-hybridized carbons (Fsp3) is 0.778. The molecule has 2 aliphatic rings. The smallest absolute Gasteiger partial charge is 0.243 e. The summed E-state index contributed by atoms with van der Waals surface area (Å²) in [4.78, 5) is 22.8. The molecule has 0 aromatic rings. The van der Waals surface area contributed by atoms with E-state index in [0.717, 1.165) is 18.6 Å². The fourth-order valence-corrected chi connectivity index (χ4v) is 2.31. The van der Waals surface area contributed by atoms with E-state index in [9.17, 15) is 9.59 Å². The summed E-state index contributed by atoms with van der Waals surface area (Å²) in [6.45, 7) is 0. The highest BCUT2D eigenvalue weighted by molar-refractivity contribution is 7.99. The summed E-state index contributed by atoms with van der Waals surface area (Å²) >= 11 is 1.66. The minimum atomic E-state index is -0.324. The molecule has 0 bridgehead atoms. The molecule has 1 heterocycles. The first kappa shape index (κ1) is 9.83. The largest absolute Gasteiger partial charge is 0.352 e. The Morgan fingerprint density at radius 2 is 2.29 bits per heavy atom. The highest BCUT2D eigenvalue weighted by Crippen LogP contribution is 2.19. The van der Waals surface area contributed by atoms with Crippen LogP contribution in [0.4, 0.5) is 0 Å². The van der Waals surface area contributed by atoms with Gasteiger partial charge in [-0.05, 0) is 12.8 Å². The number of amides is 2. The van der Waals surface area contributed by atoms with Gasteiger partial charge in [-0.15, -0.1) is 0 Å². The summed E-state index contributed by atoms with van der Waals surface area (Å²) in [6, 6.07) is 0.0447. The first-order valence-corrected chi connectivity index (χ1v) is 6.08. The van der Waals surface area contributed by atoms with E-state index in [2.05, 4.69) is 10.6 Å². The van der Waals surface area contributed by atoms with Crippen molar-refractivity contribution < 1.29 is 9.59 Å². The maximum Gasteiger partial charge on any atom is 0.243 e. The average molecular weight is 214 g/mol. The Balaban J connectivity index is 1.86. The molecule has 5 heteroatoms. The summed E-state index contributed by atoms with van der Waals surface area (Å²) in [5, 5.41) is 5.64. The molecule has 0 unspecified atom stereocenters. The van der Waals surface area contributed by atoms with Crippen molar-refractivity contribution in [2.75, 3.05) is 11.5 Å². The van der Waals surface area contributed by atoms with Crippen LogP contribution in [0.2, 0.25) is 0 Å². The summed E-state index contributed by atoms with van der Waals surface area (Å²) in [7, 11) is 0. The lowest BCUT2D eigenvalue weighted by Gasteiger charge is -2.14. The Morgan fingerprint density at radius 1 is 1.50 bits per heavy atom. The second-order valence-electron chi connectivity index (χ2n) is 3.73. The third-order valence-corrected chi connectivity index (χ3v) is 3.40. The van der Waals surface area contributed by atoms with Crippen LogP contribution in [0.5, 0.6) is 0 Å². The number of rotatable bonds is 2. The van der Waals surface area contributed by atoms with Gasteiger partial charge in [-0.3, -0.25) is 9.59 Å². The predicted octanol–water partition coefficient (Wildman–Crippen LogP) is -0.113. The topological polar surface area (TPSA) is 58.2 Å². The molecule has 2 amide bonds. The molecule has 0 radical (unpaired) electrons. The zero-order valence-electron chi connectivity index (χ0n) is 7.91. The Labute approximate surface area is 87.2 Å². The Kier molecular flexibility index (Phi) is 2.96. The van der Waals surface area contributed by atoms with Gasteiger partial charge in [0.1, 0.15) is 6.04 Å². The monoisotopic (exact) mass is 214 g/mol. The van der Waals surface area contributed by atoms with Crippen LogP contribution >= 0.6 is 11.8 Å². The third kappa shape index (κ3) is 2.64. The minimum Gasteiger partial charge on any atom is -0.352 e. The number of carbonyl (C=O) groups is 2. The Morgan fingerprint density at radius 3 is 3.00 bits per heavy atom. The lowest BCUT2D eigenvalue weighted by Crippen LogP contribution is -2.47. The molecule has 14 heavy (non-hydrogen) atoms. The number of hydrogen-bond donors (Lipinski definition) is 2. The van der Waals surface area contributed by atoms with Gasteiger partial charge in [0.25, 0.3) is 0 Å². The standard InChI is InChI=1S/C9H14N2O2S/c12-8-3-4-14-5-7(11-8)9(13)10-6-1-2-6/h6-7H,1-5H2,(H,10,13)(H,11,12)/t7-/m1/s1. The fourth-order valence-electron chi connectivity index (χ4n) is 1.34. The number of thioether (sulfide) groups is 1. The molecule has 1 aliphatic heterocycles. The van der Waals surface area contributed by atoms with E-state index in [1.54, 1.807) is 11.8 Å². The SMILES string of the molecule is O=C1CCSC[C@H](C(=O)NC2CC2)N1. The zero-order chi connectivity index (χ0) is 9.97. The van der Waals surface area contributed by atoms with Gasteiger partial charge in [-0.25, -0.2) is 0 Å². The number of nitrogens with one attached hydrogen (secondary N) is 2. The van der Waals surface area contributed by atoms with E-state index in [1.165, 1.54) is 0 Å². The van der Waals surface area contributed by atoms with Crippen LogP contribution in [0.1, 0.15) is 19.3 Å². The van der Waals surface area contributed by atoms with E-state index in [-0.39, 0.29) is 17.9 Å². The lowest BCUT2D eigenvalue weighted by atomic mass is 10.3. The van der Waals surface area contributed by atoms with Gasteiger partial charge >= 0.3 is 0 Å². The lowest BCUT2D eigenvalue weighted by molar-refractivity contribution is -0.128. The normalized spacial score (nSPS) is 27.7. The van der Waals surface area contributed by atoms with Crippen molar-refractivity contribution >= 4 is 23.6 Å². The van der Waals surface area contributed by atoms with Crippen LogP contribution in [0.3, 0.4) is 0 Å². The van der Waals surface area contributed by atoms with E-state index in [0.29, 0.717) is 18.2 Å². The van der Waals surface area contributed by atoms with Gasteiger partial charge in [0.05, 0.1) is 0 Å². The first-order valence-electron chi connectivity index (χ1n) is 4.93. The molecule has 2 N–H and O–H groups in total. The quantitative estimate of drug-likeness (QED) is 0.674. The van der Waals surface area contributed by atoms with E-state index >= 15 is 0 Å².